The summed E-state index contributed by atoms with van der Waals surface area (Å²) in [7, 11) is 1.42. The van der Waals surface area contributed by atoms with Crippen molar-refractivity contribution in [2.75, 3.05) is 12.9 Å². The highest BCUT2D eigenvalue weighted by molar-refractivity contribution is 9.10. The number of halogens is 1. The lowest BCUT2D eigenvalue weighted by molar-refractivity contribution is -0.141. The van der Waals surface area contributed by atoms with Gasteiger partial charge in [-0.15, -0.1) is 11.8 Å². The van der Waals surface area contributed by atoms with Crippen LogP contribution < -0.4 is 0 Å². The first-order valence-electron chi connectivity index (χ1n) is 6.46. The van der Waals surface area contributed by atoms with E-state index in [1.54, 1.807) is 18.7 Å². The van der Waals surface area contributed by atoms with Gasteiger partial charge in [-0.25, -0.2) is 0 Å². The van der Waals surface area contributed by atoms with Gasteiger partial charge in [0.15, 0.2) is 5.78 Å². The van der Waals surface area contributed by atoms with Gasteiger partial charge in [0.2, 0.25) is 0 Å². The number of ether oxygens (including phenoxy) is 1. The molecule has 1 aromatic carbocycles. The molecule has 5 heteroatoms. The second kappa shape index (κ2) is 6.31. The number of Topliss-reactive ketones (excluding diaryl/α,β-unsaturated/α-hetero) is 1. The molecule has 20 heavy (non-hydrogen) atoms. The van der Waals surface area contributed by atoms with Gasteiger partial charge in [0.1, 0.15) is 0 Å². The van der Waals surface area contributed by atoms with Crippen LogP contribution in [0.4, 0.5) is 0 Å². The third kappa shape index (κ3) is 3.85. The number of methoxy groups -OCH3 is 1. The SMILES string of the molecule is COC(=O)CC1(CSc2ccc(Br)cc2C(C)=O)CC1. The van der Waals surface area contributed by atoms with Gasteiger partial charge in [-0.2, -0.15) is 0 Å². The number of benzene rings is 1. The number of ketones is 1. The summed E-state index contributed by atoms with van der Waals surface area (Å²) in [5.41, 5.74) is 0.803. The van der Waals surface area contributed by atoms with Crippen LogP contribution in [0.3, 0.4) is 0 Å². The Balaban J connectivity index is 2.04. The Morgan fingerprint density at radius 2 is 2.10 bits per heavy atom. The van der Waals surface area contributed by atoms with Crippen LogP contribution in [0, 0.1) is 5.41 Å². The van der Waals surface area contributed by atoms with Crippen molar-refractivity contribution < 1.29 is 14.3 Å². The van der Waals surface area contributed by atoms with E-state index in [-0.39, 0.29) is 17.2 Å². The fourth-order valence-corrected chi connectivity index (χ4v) is 3.80. The van der Waals surface area contributed by atoms with Gasteiger partial charge < -0.3 is 4.74 Å². The van der Waals surface area contributed by atoms with Crippen molar-refractivity contribution in [3.05, 3.63) is 28.2 Å². The van der Waals surface area contributed by atoms with E-state index >= 15 is 0 Å². The van der Waals surface area contributed by atoms with Crippen molar-refractivity contribution in [1.82, 2.24) is 0 Å². The van der Waals surface area contributed by atoms with Gasteiger partial charge in [-0.1, -0.05) is 15.9 Å². The van der Waals surface area contributed by atoms with Crippen LogP contribution in [0.15, 0.2) is 27.6 Å². The lowest BCUT2D eigenvalue weighted by Crippen LogP contribution is -2.13. The largest absolute Gasteiger partial charge is 0.469 e. The molecular weight excluding hydrogens is 340 g/mol. The third-order valence-corrected chi connectivity index (χ3v) is 5.48. The number of rotatable bonds is 6. The summed E-state index contributed by atoms with van der Waals surface area (Å²) in [6.45, 7) is 1.58. The molecule has 0 radical (unpaired) electrons. The van der Waals surface area contributed by atoms with E-state index in [0.717, 1.165) is 33.5 Å². The number of thioether (sulfide) groups is 1. The molecular formula is C15H17BrO3S. The van der Waals surface area contributed by atoms with Gasteiger partial charge >= 0.3 is 5.97 Å². The van der Waals surface area contributed by atoms with E-state index < -0.39 is 0 Å². The first-order chi connectivity index (χ1) is 9.46. The van der Waals surface area contributed by atoms with E-state index in [1.807, 2.05) is 18.2 Å². The highest BCUT2D eigenvalue weighted by Gasteiger charge is 2.44. The number of hydrogen-bond acceptors (Lipinski definition) is 4. The number of carbonyl (C=O) groups excluding carboxylic acids is 2. The van der Waals surface area contributed by atoms with Gasteiger partial charge in [-0.05, 0) is 43.4 Å². The summed E-state index contributed by atoms with van der Waals surface area (Å²) in [5, 5.41) is 0. The minimum absolute atomic E-state index is 0.0617. The van der Waals surface area contributed by atoms with Gasteiger partial charge in [-0.3, -0.25) is 9.59 Å². The summed E-state index contributed by atoms with van der Waals surface area (Å²) in [4.78, 5) is 24.1. The maximum atomic E-state index is 11.7. The van der Waals surface area contributed by atoms with Crippen molar-refractivity contribution in [3.8, 4) is 0 Å². The zero-order valence-corrected chi connectivity index (χ0v) is 14.0. The average Bonchev–Trinajstić information content (AvgIpc) is 3.17. The summed E-state index contributed by atoms with van der Waals surface area (Å²) in [6, 6.07) is 5.75. The van der Waals surface area contributed by atoms with Crippen LogP contribution in [0.25, 0.3) is 0 Å². The summed E-state index contributed by atoms with van der Waals surface area (Å²) < 4.78 is 5.65. The molecule has 2 rings (SSSR count). The van der Waals surface area contributed by atoms with Crippen molar-refractivity contribution in [2.45, 2.75) is 31.1 Å². The van der Waals surface area contributed by atoms with E-state index in [4.69, 9.17) is 4.74 Å². The first kappa shape index (κ1) is 15.6. The minimum atomic E-state index is -0.148. The zero-order chi connectivity index (χ0) is 14.8. The molecule has 1 aromatic rings. The third-order valence-electron chi connectivity index (χ3n) is 3.56. The van der Waals surface area contributed by atoms with Crippen molar-refractivity contribution in [1.29, 1.82) is 0 Å². The van der Waals surface area contributed by atoms with E-state index in [1.165, 1.54) is 7.11 Å². The minimum Gasteiger partial charge on any atom is -0.469 e. The lowest BCUT2D eigenvalue weighted by Gasteiger charge is -2.14. The van der Waals surface area contributed by atoms with Crippen molar-refractivity contribution in [2.24, 2.45) is 5.41 Å². The van der Waals surface area contributed by atoms with Crippen LogP contribution >= 0.6 is 27.7 Å². The number of esters is 1. The molecule has 0 spiro atoms. The molecule has 0 N–H and O–H groups in total. The lowest BCUT2D eigenvalue weighted by atomic mass is 10.1. The molecule has 1 fully saturated rings. The topological polar surface area (TPSA) is 43.4 Å². The zero-order valence-electron chi connectivity index (χ0n) is 11.6. The van der Waals surface area contributed by atoms with Gasteiger partial charge in [0.05, 0.1) is 13.5 Å². The Morgan fingerprint density at radius 3 is 2.65 bits per heavy atom. The molecule has 0 saturated heterocycles. The smallest absolute Gasteiger partial charge is 0.306 e. The molecule has 108 valence electrons. The second-order valence-electron chi connectivity index (χ2n) is 5.24. The van der Waals surface area contributed by atoms with Crippen LogP contribution in [0.5, 0.6) is 0 Å². The first-order valence-corrected chi connectivity index (χ1v) is 8.24. The summed E-state index contributed by atoms with van der Waals surface area (Å²) >= 11 is 5.04. The fraction of sp³-hybridized carbons (Fsp3) is 0.467. The molecule has 1 aliphatic carbocycles. The molecule has 1 aliphatic rings. The van der Waals surface area contributed by atoms with E-state index in [0.29, 0.717) is 6.42 Å². The van der Waals surface area contributed by atoms with E-state index in [9.17, 15) is 9.59 Å². The van der Waals surface area contributed by atoms with Gasteiger partial charge in [0.25, 0.3) is 0 Å². The maximum absolute atomic E-state index is 11.7. The van der Waals surface area contributed by atoms with Crippen molar-refractivity contribution >= 4 is 39.4 Å². The molecule has 1 saturated carbocycles. The molecule has 0 amide bonds. The highest BCUT2D eigenvalue weighted by Crippen LogP contribution is 2.52. The predicted octanol–water partition coefficient (Wildman–Crippen LogP) is 4.09. The molecule has 0 heterocycles. The Kier molecular flexibility index (Phi) is 4.91. The van der Waals surface area contributed by atoms with Crippen LogP contribution in [0.1, 0.15) is 36.5 Å². The Hall–Kier alpha value is -0.810. The molecule has 0 aromatic heterocycles. The average molecular weight is 357 g/mol. The van der Waals surface area contributed by atoms with Crippen LogP contribution in [-0.4, -0.2) is 24.6 Å². The van der Waals surface area contributed by atoms with Gasteiger partial charge in [0, 0.05) is 20.7 Å². The summed E-state index contributed by atoms with van der Waals surface area (Å²) in [5.74, 6) is 0.765. The molecule has 3 nitrogen and oxygen atoms in total. The maximum Gasteiger partial charge on any atom is 0.306 e. The standard InChI is InChI=1S/C15H17BrO3S/c1-10(17)12-7-11(16)3-4-13(12)20-9-15(5-6-15)8-14(18)19-2/h3-4,7H,5-6,8-9H2,1-2H3. The quantitative estimate of drug-likeness (QED) is 0.437. The van der Waals surface area contributed by atoms with Crippen molar-refractivity contribution in [3.63, 3.8) is 0 Å². The van der Waals surface area contributed by atoms with Crippen LogP contribution in [0.2, 0.25) is 0 Å². The number of carbonyl (C=O) groups is 2. The molecule has 0 atom stereocenters. The number of hydrogen-bond donors (Lipinski definition) is 0. The molecule has 0 bridgehead atoms. The monoisotopic (exact) mass is 356 g/mol. The Morgan fingerprint density at radius 1 is 1.40 bits per heavy atom. The predicted molar refractivity (Wildman–Crippen MR) is 83.2 cm³/mol. The Bertz CT molecular complexity index is 538. The van der Waals surface area contributed by atoms with E-state index in [2.05, 4.69) is 15.9 Å². The Labute approximate surface area is 131 Å². The molecule has 0 unspecified atom stereocenters. The van der Waals surface area contributed by atoms with Crippen LogP contribution in [-0.2, 0) is 9.53 Å². The second-order valence-corrected chi connectivity index (χ2v) is 7.17. The highest BCUT2D eigenvalue weighted by atomic mass is 79.9. The fourth-order valence-electron chi connectivity index (χ4n) is 2.06. The summed E-state index contributed by atoms with van der Waals surface area (Å²) in [6.07, 6.45) is 2.59. The normalized spacial score (nSPS) is 15.8. The molecule has 0 aliphatic heterocycles.